The highest BCUT2D eigenvalue weighted by atomic mass is 16.2. The Morgan fingerprint density at radius 1 is 1.15 bits per heavy atom. The smallest absolute Gasteiger partial charge is 0.227 e. The van der Waals surface area contributed by atoms with E-state index < -0.39 is 0 Å². The molecule has 3 atom stereocenters. The highest BCUT2D eigenvalue weighted by molar-refractivity contribution is 5.86. The predicted molar refractivity (Wildman–Crippen MR) is 108 cm³/mol. The monoisotopic (exact) mass is 361 g/mol. The van der Waals surface area contributed by atoms with E-state index in [1.807, 2.05) is 0 Å². The Hall–Kier alpha value is -2.49. The summed E-state index contributed by atoms with van der Waals surface area (Å²) >= 11 is 0. The van der Waals surface area contributed by atoms with E-state index >= 15 is 0 Å². The van der Waals surface area contributed by atoms with E-state index in [0.717, 1.165) is 32.5 Å². The maximum absolute atomic E-state index is 12.8. The molecule has 3 unspecified atom stereocenters. The molecule has 1 fully saturated rings. The van der Waals surface area contributed by atoms with Crippen LogP contribution in [0.4, 0.5) is 0 Å². The molecule has 1 aromatic heterocycles. The summed E-state index contributed by atoms with van der Waals surface area (Å²) in [6, 6.07) is 0. The van der Waals surface area contributed by atoms with Crippen molar-refractivity contribution < 1.29 is 4.79 Å². The van der Waals surface area contributed by atoms with Crippen LogP contribution in [-0.2, 0) is 11.3 Å². The number of carbonyl (C=O) groups excluding carboxylic acids is 1. The number of nitrogens with zero attached hydrogens (tertiary/aromatic N) is 1. The van der Waals surface area contributed by atoms with Gasteiger partial charge in [-0.3, -0.25) is 4.79 Å². The SMILES string of the molecule is O=C1NCC(c2cn3c4c2C=CCC4CCC3)C1/C1=C/NC/C=C\C=C/C1. The van der Waals surface area contributed by atoms with E-state index in [9.17, 15) is 4.79 Å². The minimum absolute atomic E-state index is 0.0882. The Morgan fingerprint density at radius 3 is 3.04 bits per heavy atom. The van der Waals surface area contributed by atoms with Crippen LogP contribution in [0.2, 0.25) is 0 Å². The van der Waals surface area contributed by atoms with Crippen LogP contribution >= 0.6 is 0 Å². The lowest BCUT2D eigenvalue weighted by molar-refractivity contribution is -0.121. The van der Waals surface area contributed by atoms with Gasteiger partial charge in [0.1, 0.15) is 0 Å². The van der Waals surface area contributed by atoms with Crippen LogP contribution < -0.4 is 10.6 Å². The second-order valence-corrected chi connectivity index (χ2v) is 8.07. The van der Waals surface area contributed by atoms with E-state index in [1.165, 1.54) is 35.2 Å². The molecular weight excluding hydrogens is 334 g/mol. The standard InChI is InChI=1S/C23H27N3O/c27-23-21(17-7-3-1-2-4-11-24-13-17)19(14-25-23)20-15-26-12-6-9-16-8-5-10-18(20)22(16)26/h1-5,10,13,15-16,19,21,24H,6-9,11-12,14H2,(H,25,27)/b3-1-,4-2-,17-13+. The fourth-order valence-electron chi connectivity index (χ4n) is 5.25. The van der Waals surface area contributed by atoms with Gasteiger partial charge in [0.05, 0.1) is 5.92 Å². The highest BCUT2D eigenvalue weighted by Gasteiger charge is 2.41. The third-order valence-electron chi connectivity index (χ3n) is 6.47. The van der Waals surface area contributed by atoms with Crippen molar-refractivity contribution in [3.8, 4) is 0 Å². The van der Waals surface area contributed by atoms with Crippen LogP contribution in [-0.4, -0.2) is 23.6 Å². The molecular formula is C23H27N3O. The molecule has 0 spiro atoms. The van der Waals surface area contributed by atoms with Crippen LogP contribution in [0, 0.1) is 5.92 Å². The first-order chi connectivity index (χ1) is 13.3. The number of carbonyl (C=O) groups is 1. The third kappa shape index (κ3) is 2.88. The van der Waals surface area contributed by atoms with E-state index in [2.05, 4.69) is 64.1 Å². The van der Waals surface area contributed by atoms with Crippen molar-refractivity contribution in [1.29, 1.82) is 0 Å². The lowest BCUT2D eigenvalue weighted by Gasteiger charge is -2.27. The van der Waals surface area contributed by atoms with E-state index in [0.29, 0.717) is 5.92 Å². The summed E-state index contributed by atoms with van der Waals surface area (Å²) in [5, 5.41) is 6.50. The normalized spacial score (nSPS) is 33.6. The van der Waals surface area contributed by atoms with Crippen LogP contribution in [0.25, 0.3) is 6.08 Å². The summed E-state index contributed by atoms with van der Waals surface area (Å²) in [4.78, 5) is 12.8. The molecule has 5 rings (SSSR count). The van der Waals surface area contributed by atoms with Crippen molar-refractivity contribution in [2.24, 2.45) is 5.92 Å². The van der Waals surface area contributed by atoms with Gasteiger partial charge in [-0.2, -0.15) is 0 Å². The van der Waals surface area contributed by atoms with Gasteiger partial charge in [0.2, 0.25) is 5.91 Å². The Kier molecular flexibility index (Phi) is 4.27. The van der Waals surface area contributed by atoms with Gasteiger partial charge in [0, 0.05) is 43.4 Å². The first-order valence-electron chi connectivity index (χ1n) is 10.2. The van der Waals surface area contributed by atoms with Crippen molar-refractivity contribution in [3.63, 3.8) is 0 Å². The summed E-state index contributed by atoms with van der Waals surface area (Å²) in [7, 11) is 0. The van der Waals surface area contributed by atoms with Gasteiger partial charge in [0.25, 0.3) is 0 Å². The summed E-state index contributed by atoms with van der Waals surface area (Å²) in [5.41, 5.74) is 5.45. The lowest BCUT2D eigenvalue weighted by Crippen LogP contribution is -2.22. The fourth-order valence-corrected chi connectivity index (χ4v) is 5.25. The van der Waals surface area contributed by atoms with Crippen molar-refractivity contribution in [2.75, 3.05) is 13.1 Å². The Morgan fingerprint density at radius 2 is 2.07 bits per heavy atom. The zero-order valence-corrected chi connectivity index (χ0v) is 15.7. The topological polar surface area (TPSA) is 46.1 Å². The van der Waals surface area contributed by atoms with Gasteiger partial charge in [-0.15, -0.1) is 0 Å². The molecule has 1 aliphatic carbocycles. The minimum Gasteiger partial charge on any atom is -0.387 e. The van der Waals surface area contributed by atoms with E-state index in [4.69, 9.17) is 0 Å². The van der Waals surface area contributed by atoms with Crippen LogP contribution in [0.5, 0.6) is 0 Å². The predicted octanol–water partition coefficient (Wildman–Crippen LogP) is 3.60. The highest BCUT2D eigenvalue weighted by Crippen LogP contribution is 2.45. The van der Waals surface area contributed by atoms with Gasteiger partial charge >= 0.3 is 0 Å². The van der Waals surface area contributed by atoms with Gasteiger partial charge in [-0.05, 0) is 48.6 Å². The molecule has 4 nitrogen and oxygen atoms in total. The van der Waals surface area contributed by atoms with Crippen LogP contribution in [0.1, 0.15) is 54.3 Å². The van der Waals surface area contributed by atoms with Gasteiger partial charge in [-0.25, -0.2) is 0 Å². The molecule has 27 heavy (non-hydrogen) atoms. The summed E-state index contributed by atoms with van der Waals surface area (Å²) < 4.78 is 2.47. The summed E-state index contributed by atoms with van der Waals surface area (Å²) in [6.45, 7) is 2.64. The van der Waals surface area contributed by atoms with Crippen molar-refractivity contribution in [2.45, 2.75) is 44.1 Å². The van der Waals surface area contributed by atoms with Gasteiger partial charge < -0.3 is 15.2 Å². The zero-order valence-electron chi connectivity index (χ0n) is 15.7. The quantitative estimate of drug-likeness (QED) is 0.845. The molecule has 1 amide bonds. The maximum Gasteiger partial charge on any atom is 0.227 e. The molecule has 2 N–H and O–H groups in total. The number of rotatable bonds is 2. The first-order valence-corrected chi connectivity index (χ1v) is 10.2. The zero-order chi connectivity index (χ0) is 18.2. The average molecular weight is 361 g/mol. The maximum atomic E-state index is 12.8. The molecule has 4 aliphatic rings. The number of aryl methyl sites for hydroxylation is 1. The molecule has 0 aromatic carbocycles. The van der Waals surface area contributed by atoms with Crippen molar-refractivity contribution in [1.82, 2.24) is 15.2 Å². The second kappa shape index (κ2) is 6.91. The van der Waals surface area contributed by atoms with E-state index in [-0.39, 0.29) is 17.7 Å². The van der Waals surface area contributed by atoms with Gasteiger partial charge in [-0.1, -0.05) is 36.5 Å². The number of hydrogen-bond donors (Lipinski definition) is 2. The van der Waals surface area contributed by atoms with Gasteiger partial charge in [0.15, 0.2) is 0 Å². The number of nitrogens with one attached hydrogen (secondary N) is 2. The number of aromatic nitrogens is 1. The van der Waals surface area contributed by atoms with E-state index in [1.54, 1.807) is 0 Å². The van der Waals surface area contributed by atoms with Crippen molar-refractivity contribution in [3.05, 3.63) is 65.2 Å². The fraction of sp³-hybridized carbons (Fsp3) is 0.435. The largest absolute Gasteiger partial charge is 0.387 e. The molecule has 0 saturated carbocycles. The summed E-state index contributed by atoms with van der Waals surface area (Å²) in [5.74, 6) is 0.955. The molecule has 0 radical (unpaired) electrons. The Bertz CT molecular complexity index is 870. The molecule has 1 aromatic rings. The summed E-state index contributed by atoms with van der Waals surface area (Å²) in [6.07, 6.45) is 22.0. The first kappa shape index (κ1) is 16.7. The molecule has 3 aliphatic heterocycles. The number of hydrogen-bond acceptors (Lipinski definition) is 2. The van der Waals surface area contributed by atoms with Crippen LogP contribution in [0.15, 0.2) is 48.4 Å². The number of amides is 1. The number of allylic oxidation sites excluding steroid dienone is 4. The molecule has 0 bridgehead atoms. The molecule has 1 saturated heterocycles. The lowest BCUT2D eigenvalue weighted by atomic mass is 9.79. The Balaban J connectivity index is 1.53. The average Bonchev–Trinajstić information content (AvgIpc) is 3.27. The Labute approximate surface area is 160 Å². The molecule has 4 heterocycles. The third-order valence-corrected chi connectivity index (χ3v) is 6.47. The minimum atomic E-state index is -0.0882. The molecule has 140 valence electrons. The van der Waals surface area contributed by atoms with Crippen LogP contribution in [0.3, 0.4) is 0 Å². The second-order valence-electron chi connectivity index (χ2n) is 8.07. The molecule has 4 heteroatoms. The van der Waals surface area contributed by atoms with Crippen molar-refractivity contribution >= 4 is 12.0 Å².